The molecule has 0 aromatic carbocycles. The van der Waals surface area contributed by atoms with Crippen molar-refractivity contribution >= 4 is 28.9 Å². The van der Waals surface area contributed by atoms with Gasteiger partial charge in [0.2, 0.25) is 0 Å². The van der Waals surface area contributed by atoms with Crippen LogP contribution < -0.4 is 0 Å². The topological polar surface area (TPSA) is 93.3 Å². The van der Waals surface area contributed by atoms with Gasteiger partial charge in [-0.2, -0.15) is 0 Å². The molecule has 2 heterocycles. The van der Waals surface area contributed by atoms with Crippen molar-refractivity contribution in [3.05, 3.63) is 25.7 Å². The SMILES string of the molecule is CC(C)COCN1COCN(Cc2cnc(Cl)s2)/C1=N\[N+](=O)[O-]. The smallest absolute Gasteiger partial charge is 0.279 e. The summed E-state index contributed by atoms with van der Waals surface area (Å²) in [7, 11) is 0. The molecule has 128 valence electrons. The van der Waals surface area contributed by atoms with E-state index in [1.807, 2.05) is 13.8 Å². The van der Waals surface area contributed by atoms with E-state index >= 15 is 0 Å². The molecule has 0 radical (unpaired) electrons. The molecule has 1 aliphatic rings. The van der Waals surface area contributed by atoms with Gasteiger partial charge in [-0.15, -0.1) is 11.3 Å². The van der Waals surface area contributed by atoms with Gasteiger partial charge < -0.3 is 14.4 Å². The van der Waals surface area contributed by atoms with E-state index in [1.54, 1.807) is 16.0 Å². The molecule has 9 nitrogen and oxygen atoms in total. The van der Waals surface area contributed by atoms with Crippen molar-refractivity contribution in [1.82, 2.24) is 14.8 Å². The summed E-state index contributed by atoms with van der Waals surface area (Å²) in [5.74, 6) is 0.571. The minimum Gasteiger partial charge on any atom is -0.361 e. The molecule has 0 spiro atoms. The zero-order valence-electron chi connectivity index (χ0n) is 12.8. The number of guanidine groups is 1. The molecule has 1 aromatic rings. The quantitative estimate of drug-likeness (QED) is 0.540. The monoisotopic (exact) mass is 363 g/mol. The molecular weight excluding hydrogens is 346 g/mol. The summed E-state index contributed by atoms with van der Waals surface area (Å²) < 4.78 is 11.4. The summed E-state index contributed by atoms with van der Waals surface area (Å²) in [4.78, 5) is 18.9. The maximum Gasteiger partial charge on any atom is 0.279 e. The third-order valence-corrected chi connectivity index (χ3v) is 3.90. The summed E-state index contributed by atoms with van der Waals surface area (Å²) in [6, 6.07) is 0. The van der Waals surface area contributed by atoms with E-state index in [1.165, 1.54) is 11.3 Å². The van der Waals surface area contributed by atoms with Crippen LogP contribution in [-0.2, 0) is 16.0 Å². The van der Waals surface area contributed by atoms with Crippen molar-refractivity contribution in [1.29, 1.82) is 0 Å². The fraction of sp³-hybridized carbons (Fsp3) is 0.667. The fourth-order valence-corrected chi connectivity index (χ4v) is 2.92. The first-order valence-electron chi connectivity index (χ1n) is 6.94. The molecule has 11 heteroatoms. The standard InChI is InChI=1S/C12H18ClN5O4S/c1-9(2)5-21-7-17-8-22-6-16(12(17)15-18(19)20)4-10-3-14-11(13)23-10/h3,9H,4-8H2,1-2H3/b15-12+. The fourth-order valence-electron chi connectivity index (χ4n) is 1.93. The van der Waals surface area contributed by atoms with E-state index < -0.39 is 5.03 Å². The van der Waals surface area contributed by atoms with Crippen LogP contribution in [0.3, 0.4) is 0 Å². The lowest BCUT2D eigenvalue weighted by Crippen LogP contribution is -2.52. The molecule has 0 saturated carbocycles. The first-order chi connectivity index (χ1) is 11.0. The molecule has 1 aromatic heterocycles. The van der Waals surface area contributed by atoms with Crippen molar-refractivity contribution in [2.45, 2.75) is 20.4 Å². The number of hydrogen-bond acceptors (Lipinski definition) is 6. The highest BCUT2D eigenvalue weighted by Crippen LogP contribution is 2.21. The Hall–Kier alpha value is -1.49. The largest absolute Gasteiger partial charge is 0.361 e. The molecule has 1 aliphatic heterocycles. The Labute approximate surface area is 142 Å². The predicted molar refractivity (Wildman–Crippen MR) is 85.4 cm³/mol. The lowest BCUT2D eigenvalue weighted by Gasteiger charge is -2.36. The van der Waals surface area contributed by atoms with Crippen molar-refractivity contribution in [3.63, 3.8) is 0 Å². The van der Waals surface area contributed by atoms with Gasteiger partial charge in [-0.1, -0.05) is 25.4 Å². The zero-order valence-corrected chi connectivity index (χ0v) is 14.4. The van der Waals surface area contributed by atoms with E-state index in [2.05, 4.69) is 10.1 Å². The van der Waals surface area contributed by atoms with Crippen LogP contribution in [0.15, 0.2) is 11.3 Å². The van der Waals surface area contributed by atoms with Gasteiger partial charge in [0.15, 0.2) is 9.50 Å². The first kappa shape index (κ1) is 17.9. The van der Waals surface area contributed by atoms with Gasteiger partial charge in [0, 0.05) is 11.1 Å². The van der Waals surface area contributed by atoms with Crippen molar-refractivity contribution in [2.24, 2.45) is 11.0 Å². The molecule has 0 aliphatic carbocycles. The highest BCUT2D eigenvalue weighted by atomic mass is 35.5. The predicted octanol–water partition coefficient (Wildman–Crippen LogP) is 2.02. The van der Waals surface area contributed by atoms with Crippen LogP contribution in [0.4, 0.5) is 0 Å². The lowest BCUT2D eigenvalue weighted by molar-refractivity contribution is -0.487. The Bertz CT molecular complexity index is 567. The number of nitrogens with zero attached hydrogens (tertiary/aromatic N) is 5. The molecular formula is C12H18ClN5O4S. The van der Waals surface area contributed by atoms with Crippen LogP contribution >= 0.6 is 22.9 Å². The molecule has 1 saturated heterocycles. The van der Waals surface area contributed by atoms with Crippen LogP contribution in [0.2, 0.25) is 4.47 Å². The maximum atomic E-state index is 10.8. The molecule has 0 unspecified atom stereocenters. The molecule has 0 N–H and O–H groups in total. The third-order valence-electron chi connectivity index (χ3n) is 2.80. The normalized spacial score (nSPS) is 17.3. The Balaban J connectivity index is 2.08. The minimum absolute atomic E-state index is 0.171. The highest BCUT2D eigenvalue weighted by Gasteiger charge is 2.28. The van der Waals surface area contributed by atoms with Crippen LogP contribution in [0.1, 0.15) is 18.7 Å². The average Bonchev–Trinajstić information content (AvgIpc) is 2.86. The number of rotatable bonds is 7. The number of hydrogen-bond donors (Lipinski definition) is 0. The Morgan fingerprint density at radius 1 is 1.57 bits per heavy atom. The lowest BCUT2D eigenvalue weighted by atomic mass is 10.2. The van der Waals surface area contributed by atoms with Crippen molar-refractivity contribution in [2.75, 3.05) is 26.8 Å². The molecule has 23 heavy (non-hydrogen) atoms. The van der Waals surface area contributed by atoms with Crippen LogP contribution in [0.5, 0.6) is 0 Å². The summed E-state index contributed by atoms with van der Waals surface area (Å²) in [6.07, 6.45) is 1.63. The number of aromatic nitrogens is 1. The Morgan fingerprint density at radius 2 is 2.30 bits per heavy atom. The number of hydrazone groups is 1. The molecule has 2 rings (SSSR count). The van der Waals surface area contributed by atoms with Crippen molar-refractivity contribution in [3.8, 4) is 0 Å². The van der Waals surface area contributed by atoms with E-state index in [0.717, 1.165) is 4.88 Å². The van der Waals surface area contributed by atoms with Gasteiger partial charge >= 0.3 is 0 Å². The average molecular weight is 364 g/mol. The molecule has 0 amide bonds. The third kappa shape index (κ3) is 5.57. The van der Waals surface area contributed by atoms with Gasteiger partial charge in [-0.25, -0.2) is 15.1 Å². The summed E-state index contributed by atoms with van der Waals surface area (Å²) in [6.45, 7) is 5.53. The molecule has 1 fully saturated rings. The molecule has 0 atom stereocenters. The number of nitro groups is 1. The second kappa shape index (κ2) is 8.39. The van der Waals surface area contributed by atoms with Gasteiger partial charge in [0.1, 0.15) is 25.3 Å². The second-order valence-electron chi connectivity index (χ2n) is 5.31. The summed E-state index contributed by atoms with van der Waals surface area (Å²) in [5.41, 5.74) is 0. The van der Waals surface area contributed by atoms with E-state index in [9.17, 15) is 10.1 Å². The van der Waals surface area contributed by atoms with E-state index in [4.69, 9.17) is 21.1 Å². The van der Waals surface area contributed by atoms with Crippen LogP contribution in [0, 0.1) is 16.0 Å². The summed E-state index contributed by atoms with van der Waals surface area (Å²) >= 11 is 7.12. The highest BCUT2D eigenvalue weighted by molar-refractivity contribution is 7.15. The Morgan fingerprint density at radius 3 is 2.91 bits per heavy atom. The van der Waals surface area contributed by atoms with Gasteiger partial charge in [0.25, 0.3) is 5.96 Å². The summed E-state index contributed by atoms with van der Waals surface area (Å²) in [5, 5.41) is 13.6. The minimum atomic E-state index is -0.719. The van der Waals surface area contributed by atoms with Crippen LogP contribution in [-0.4, -0.2) is 52.6 Å². The second-order valence-corrected chi connectivity index (χ2v) is 7.01. The van der Waals surface area contributed by atoms with E-state index in [0.29, 0.717) is 23.5 Å². The van der Waals surface area contributed by atoms with Gasteiger partial charge in [-0.3, -0.25) is 4.90 Å². The van der Waals surface area contributed by atoms with Crippen molar-refractivity contribution < 1.29 is 14.5 Å². The van der Waals surface area contributed by atoms with E-state index in [-0.39, 0.29) is 26.2 Å². The van der Waals surface area contributed by atoms with Crippen LogP contribution in [0.25, 0.3) is 0 Å². The zero-order chi connectivity index (χ0) is 16.8. The number of halogens is 1. The maximum absolute atomic E-state index is 10.8. The first-order valence-corrected chi connectivity index (χ1v) is 8.13. The number of ether oxygens (including phenoxy) is 2. The Kier molecular flexibility index (Phi) is 6.51. The molecule has 0 bridgehead atoms. The van der Waals surface area contributed by atoms with Gasteiger partial charge in [0.05, 0.1) is 13.2 Å². The number of thiazole rings is 1. The van der Waals surface area contributed by atoms with Gasteiger partial charge in [-0.05, 0) is 5.92 Å².